The Morgan fingerprint density at radius 3 is 2.28 bits per heavy atom. The van der Waals surface area contributed by atoms with Crippen molar-refractivity contribution in [2.24, 2.45) is 17.8 Å². The normalized spacial score (nSPS) is 30.8. The number of fused-ring (bicyclic) bond motifs is 1. The smallest absolute Gasteiger partial charge is 0.411 e. The van der Waals surface area contributed by atoms with E-state index in [0.717, 1.165) is 0 Å². The number of rotatable bonds is 7. The largest absolute Gasteiger partial charge is 0.477 e. The second-order valence-electron chi connectivity index (χ2n) is 6.96. The predicted molar refractivity (Wildman–Crippen MR) is 72.9 cm³/mol. The highest BCUT2D eigenvalue weighted by Gasteiger charge is 2.79. The Labute approximate surface area is 157 Å². The molecule has 162 valence electrons. The van der Waals surface area contributed by atoms with E-state index in [0.29, 0.717) is 12.8 Å². The molecule has 5 unspecified atom stereocenters. The second kappa shape index (κ2) is 6.49. The number of carbonyl (C=O) groups is 4. The summed E-state index contributed by atoms with van der Waals surface area (Å²) in [5.74, 6) is -28.7. The van der Waals surface area contributed by atoms with Crippen LogP contribution < -0.4 is 0 Å². The minimum absolute atomic E-state index is 0.186. The highest BCUT2D eigenvalue weighted by atomic mass is 19.3. The van der Waals surface area contributed by atoms with E-state index in [1.807, 2.05) is 0 Å². The summed E-state index contributed by atoms with van der Waals surface area (Å²) in [4.78, 5) is 44.6. The molecular formula is C15H12F6O8. The van der Waals surface area contributed by atoms with Gasteiger partial charge in [0.15, 0.2) is 6.61 Å². The van der Waals surface area contributed by atoms with E-state index in [1.165, 1.54) is 0 Å². The maximum Gasteiger partial charge on any atom is 0.411 e. The summed E-state index contributed by atoms with van der Waals surface area (Å²) >= 11 is 0. The molecule has 0 aromatic rings. The number of esters is 3. The third kappa shape index (κ3) is 2.99. The molecule has 2 saturated carbocycles. The SMILES string of the molecule is O=C(COC(=O)C(F)(F)C(F)(F)C(F)(F)C(=O)O)OC1C2CC3C(=O)OC1C3C2. The lowest BCUT2D eigenvalue weighted by Crippen LogP contribution is -2.61. The molecule has 1 saturated heterocycles. The van der Waals surface area contributed by atoms with E-state index < -0.39 is 60.5 Å². The van der Waals surface area contributed by atoms with E-state index in [9.17, 15) is 45.5 Å². The number of carboxylic acids is 1. The minimum Gasteiger partial charge on any atom is -0.477 e. The Hall–Kier alpha value is -2.54. The number of carboxylic acid groups (broad SMARTS) is 1. The van der Waals surface area contributed by atoms with Crippen LogP contribution in [0, 0.1) is 17.8 Å². The summed E-state index contributed by atoms with van der Waals surface area (Å²) in [7, 11) is 0. The van der Waals surface area contributed by atoms with Gasteiger partial charge in [-0.15, -0.1) is 0 Å². The van der Waals surface area contributed by atoms with Gasteiger partial charge in [-0.25, -0.2) is 14.4 Å². The zero-order valence-electron chi connectivity index (χ0n) is 14.1. The van der Waals surface area contributed by atoms with Crippen molar-refractivity contribution in [3.63, 3.8) is 0 Å². The standard InChI is InChI=1S/C15H12F6O8/c16-13(17,11(24)25)15(20,21)14(18,19)12(26)27-3-7(22)28-8-4-1-5-6(2-4)10(23)29-9(5)8/h4-6,8-9H,1-3H2,(H,24,25). The Morgan fingerprint density at radius 2 is 1.69 bits per heavy atom. The van der Waals surface area contributed by atoms with Crippen molar-refractivity contribution >= 4 is 23.9 Å². The molecule has 5 atom stereocenters. The van der Waals surface area contributed by atoms with Crippen molar-refractivity contribution in [3.05, 3.63) is 0 Å². The first-order valence-corrected chi connectivity index (χ1v) is 8.16. The lowest BCUT2D eigenvalue weighted by molar-refractivity contribution is -0.299. The second-order valence-corrected chi connectivity index (χ2v) is 6.96. The van der Waals surface area contributed by atoms with E-state index in [4.69, 9.17) is 14.6 Å². The third-order valence-corrected chi connectivity index (χ3v) is 5.32. The van der Waals surface area contributed by atoms with Gasteiger partial charge in [-0.3, -0.25) is 4.79 Å². The average Bonchev–Trinajstić information content (AvgIpc) is 3.24. The van der Waals surface area contributed by atoms with Gasteiger partial charge in [0.2, 0.25) is 0 Å². The molecule has 0 radical (unpaired) electrons. The van der Waals surface area contributed by atoms with Gasteiger partial charge in [0.1, 0.15) is 12.2 Å². The molecule has 29 heavy (non-hydrogen) atoms. The Bertz CT molecular complexity index is 768. The molecule has 1 heterocycles. The van der Waals surface area contributed by atoms with Gasteiger partial charge >= 0.3 is 41.6 Å². The van der Waals surface area contributed by atoms with Gasteiger partial charge in [-0.2, -0.15) is 26.3 Å². The fraction of sp³-hybridized carbons (Fsp3) is 0.733. The van der Waals surface area contributed by atoms with E-state index >= 15 is 0 Å². The van der Waals surface area contributed by atoms with Gasteiger partial charge in [-0.05, 0) is 12.8 Å². The van der Waals surface area contributed by atoms with Gasteiger partial charge in [0.25, 0.3) is 0 Å². The van der Waals surface area contributed by atoms with Crippen LogP contribution in [-0.2, 0) is 33.4 Å². The zero-order valence-corrected chi connectivity index (χ0v) is 14.1. The molecule has 8 nitrogen and oxygen atoms in total. The van der Waals surface area contributed by atoms with Gasteiger partial charge < -0.3 is 19.3 Å². The number of hydrogen-bond acceptors (Lipinski definition) is 7. The fourth-order valence-corrected chi connectivity index (χ4v) is 3.93. The van der Waals surface area contributed by atoms with Crippen LogP contribution in [0.25, 0.3) is 0 Å². The zero-order chi connectivity index (χ0) is 21.9. The van der Waals surface area contributed by atoms with E-state index in [2.05, 4.69) is 4.74 Å². The van der Waals surface area contributed by atoms with Gasteiger partial charge in [-0.1, -0.05) is 0 Å². The van der Waals surface area contributed by atoms with Crippen molar-refractivity contribution in [3.8, 4) is 0 Å². The Morgan fingerprint density at radius 1 is 1.07 bits per heavy atom. The minimum atomic E-state index is -6.63. The van der Waals surface area contributed by atoms with Crippen LogP contribution in [0.5, 0.6) is 0 Å². The molecule has 1 N–H and O–H groups in total. The van der Waals surface area contributed by atoms with Crippen LogP contribution in [0.1, 0.15) is 12.8 Å². The lowest BCUT2D eigenvalue weighted by Gasteiger charge is -2.28. The molecule has 0 aromatic carbocycles. The molecule has 14 heteroatoms. The van der Waals surface area contributed by atoms with Crippen LogP contribution >= 0.6 is 0 Å². The molecule has 3 fully saturated rings. The van der Waals surface area contributed by atoms with Crippen LogP contribution in [0.15, 0.2) is 0 Å². The Balaban J connectivity index is 1.58. The average molecular weight is 434 g/mol. The van der Waals surface area contributed by atoms with Gasteiger partial charge in [0, 0.05) is 11.8 Å². The first-order chi connectivity index (χ1) is 13.2. The first-order valence-electron chi connectivity index (χ1n) is 8.16. The summed E-state index contributed by atoms with van der Waals surface area (Å²) < 4.78 is 92.7. The van der Waals surface area contributed by atoms with E-state index in [-0.39, 0.29) is 17.8 Å². The number of hydrogen-bond donors (Lipinski definition) is 1. The van der Waals surface area contributed by atoms with Crippen molar-refractivity contribution in [2.75, 3.05) is 6.61 Å². The molecule has 0 aromatic heterocycles. The topological polar surface area (TPSA) is 116 Å². The lowest BCUT2D eigenvalue weighted by atomic mass is 9.88. The van der Waals surface area contributed by atoms with Crippen molar-refractivity contribution in [1.82, 2.24) is 0 Å². The molecule has 0 amide bonds. The summed E-state index contributed by atoms with van der Waals surface area (Å²) in [6.45, 7) is -1.62. The number of alkyl halides is 6. The van der Waals surface area contributed by atoms with Crippen LogP contribution in [0.4, 0.5) is 26.3 Å². The molecule has 3 rings (SSSR count). The van der Waals surface area contributed by atoms with Crippen molar-refractivity contribution in [1.29, 1.82) is 0 Å². The summed E-state index contributed by atoms with van der Waals surface area (Å²) in [6.07, 6.45) is -0.822. The molecule has 0 spiro atoms. The highest BCUT2D eigenvalue weighted by Crippen LogP contribution is 2.55. The molecule has 1 aliphatic heterocycles. The monoisotopic (exact) mass is 434 g/mol. The van der Waals surface area contributed by atoms with Crippen molar-refractivity contribution < 1.29 is 64.8 Å². The predicted octanol–water partition coefficient (Wildman–Crippen LogP) is 1.01. The molecule has 2 bridgehead atoms. The number of carbonyl (C=O) groups excluding carboxylic acids is 3. The molecule has 2 aliphatic carbocycles. The van der Waals surface area contributed by atoms with Crippen LogP contribution in [0.3, 0.4) is 0 Å². The van der Waals surface area contributed by atoms with Gasteiger partial charge in [0.05, 0.1) is 5.92 Å². The fourth-order valence-electron chi connectivity index (χ4n) is 3.93. The summed E-state index contributed by atoms with van der Waals surface area (Å²) in [6, 6.07) is 0. The van der Waals surface area contributed by atoms with Crippen LogP contribution in [-0.4, -0.2) is 65.6 Å². The van der Waals surface area contributed by atoms with Crippen molar-refractivity contribution in [2.45, 2.75) is 42.8 Å². The van der Waals surface area contributed by atoms with E-state index in [1.54, 1.807) is 0 Å². The number of ether oxygens (including phenoxy) is 3. The molecular weight excluding hydrogens is 422 g/mol. The van der Waals surface area contributed by atoms with Crippen LogP contribution in [0.2, 0.25) is 0 Å². The maximum absolute atomic E-state index is 13.4. The highest BCUT2D eigenvalue weighted by molar-refractivity contribution is 5.85. The quantitative estimate of drug-likeness (QED) is 0.359. The summed E-state index contributed by atoms with van der Waals surface area (Å²) in [5.41, 5.74) is 0. The first kappa shape index (κ1) is 21.2. The summed E-state index contributed by atoms with van der Waals surface area (Å²) in [5, 5.41) is 8.00. The Kier molecular flexibility index (Phi) is 4.74. The number of halogens is 6. The third-order valence-electron chi connectivity index (χ3n) is 5.32. The molecule has 3 aliphatic rings. The maximum atomic E-state index is 13.4. The number of aliphatic carboxylic acids is 1.